The van der Waals surface area contributed by atoms with Crippen LogP contribution < -0.4 is 39.3 Å². The largest absolute Gasteiger partial charge is 0.491 e. The second-order valence-corrected chi connectivity index (χ2v) is 11.4. The molecule has 0 aliphatic rings. The maximum atomic E-state index is 12.3. The van der Waals surface area contributed by atoms with Crippen molar-refractivity contribution >= 4 is 35.9 Å². The molecular formula is C31H62F3N7O8. The summed E-state index contributed by atoms with van der Waals surface area (Å²) >= 11 is 0. The molecule has 18 heteroatoms. The molecule has 49 heavy (non-hydrogen) atoms. The van der Waals surface area contributed by atoms with E-state index < -0.39 is 60.1 Å². The first-order valence-corrected chi connectivity index (χ1v) is 16.6. The number of carboxylic acid groups (broad SMARTS) is 1. The van der Waals surface area contributed by atoms with E-state index >= 15 is 0 Å². The number of alkyl halides is 3. The Bertz CT molecular complexity index is 891. The first kappa shape index (κ1) is 52.1. The topological polar surface area (TPSA) is 286 Å². The number of amides is 5. The first-order chi connectivity index (χ1) is 22.7. The van der Waals surface area contributed by atoms with Gasteiger partial charge in [0.1, 0.15) is 12.1 Å². The minimum absolute atomic E-state index is 0.120. The summed E-state index contributed by atoms with van der Waals surface area (Å²) in [4.78, 5) is 62.5. The molecule has 0 saturated heterocycles. The fourth-order valence-corrected chi connectivity index (χ4v) is 3.72. The molecule has 290 valence electrons. The highest BCUT2D eigenvalue weighted by molar-refractivity contribution is 5.93. The number of halogens is 3. The number of carboxylic acids is 1. The second kappa shape index (κ2) is 34.2. The van der Waals surface area contributed by atoms with Crippen molar-refractivity contribution in [3.8, 4) is 0 Å². The smallest absolute Gasteiger partial charge is 0.480 e. The van der Waals surface area contributed by atoms with Crippen molar-refractivity contribution in [2.75, 3.05) is 13.1 Å². The number of rotatable bonds is 22. The Morgan fingerprint density at radius 2 is 1.10 bits per heavy atom. The molecule has 2 atom stereocenters. The summed E-state index contributed by atoms with van der Waals surface area (Å²) < 4.78 is 40.6. The molecule has 5 amide bonds. The number of primary amides is 4. The molecule has 13 N–H and O–H groups in total. The van der Waals surface area contributed by atoms with Gasteiger partial charge in [0.05, 0.1) is 0 Å². The molecule has 0 rings (SSSR count). The van der Waals surface area contributed by atoms with E-state index in [0.29, 0.717) is 19.4 Å². The standard InChI is InChI=1S/C25H45F3N2O4.C4H9NO2.2CH4N2O/c1-4-5-6-7-8-9-10-11-12-13-14-15-18-29-19-16-17-21(31)30-22(20(2)3)23(32)34-24(33)25(26,27)28;1-2-3(5)4(6)7;2*2-1(3)4/h20,22,29H,4-19H2,1-3H3,(H,30,31);3H,2,5H2,1H3,(H,6,7);2*(H4,2,3,4)/t22-;;;/m0.../s1. The highest BCUT2D eigenvalue weighted by Crippen LogP contribution is 2.18. The Hall–Kier alpha value is -3.67. The lowest BCUT2D eigenvalue weighted by molar-refractivity contribution is -0.202. The Morgan fingerprint density at radius 3 is 1.43 bits per heavy atom. The monoisotopic (exact) mass is 717 g/mol. The lowest BCUT2D eigenvalue weighted by Crippen LogP contribution is -2.47. The summed E-state index contributed by atoms with van der Waals surface area (Å²) in [6, 6.07) is -3.66. The van der Waals surface area contributed by atoms with Gasteiger partial charge >= 0.3 is 36.1 Å². The number of carbonyl (C=O) groups is 6. The zero-order valence-corrected chi connectivity index (χ0v) is 29.6. The zero-order valence-electron chi connectivity index (χ0n) is 29.6. The summed E-state index contributed by atoms with van der Waals surface area (Å²) in [5, 5.41) is 13.7. The van der Waals surface area contributed by atoms with Crippen LogP contribution in [0.5, 0.6) is 0 Å². The summed E-state index contributed by atoms with van der Waals surface area (Å²) in [6.45, 7) is 8.56. The molecular weight excluding hydrogens is 655 g/mol. The molecule has 0 aromatic rings. The van der Waals surface area contributed by atoms with E-state index in [9.17, 15) is 32.3 Å². The molecule has 0 heterocycles. The lowest BCUT2D eigenvalue weighted by Gasteiger charge is -2.20. The fraction of sp³-hybridized carbons (Fsp3) is 0.806. The van der Waals surface area contributed by atoms with E-state index in [1.54, 1.807) is 20.8 Å². The molecule has 0 aliphatic carbocycles. The van der Waals surface area contributed by atoms with Crippen LogP contribution in [0.15, 0.2) is 0 Å². The molecule has 0 aromatic heterocycles. The molecule has 0 aromatic carbocycles. The van der Waals surface area contributed by atoms with Gasteiger partial charge in [-0.25, -0.2) is 19.2 Å². The van der Waals surface area contributed by atoms with E-state index in [1.165, 1.54) is 70.6 Å². The van der Waals surface area contributed by atoms with Crippen LogP contribution in [0.1, 0.15) is 124 Å². The van der Waals surface area contributed by atoms with Crippen molar-refractivity contribution in [1.29, 1.82) is 0 Å². The third-order valence-corrected chi connectivity index (χ3v) is 6.38. The van der Waals surface area contributed by atoms with Gasteiger partial charge in [-0.3, -0.25) is 9.59 Å². The van der Waals surface area contributed by atoms with Crippen LogP contribution in [0.2, 0.25) is 0 Å². The Morgan fingerprint density at radius 1 is 0.714 bits per heavy atom. The lowest BCUT2D eigenvalue weighted by atomic mass is 10.0. The van der Waals surface area contributed by atoms with E-state index in [2.05, 4.69) is 45.2 Å². The Balaban J connectivity index is -0.000000557. The third-order valence-electron chi connectivity index (χ3n) is 6.38. The Labute approximate surface area is 288 Å². The molecule has 0 fully saturated rings. The van der Waals surface area contributed by atoms with Crippen LogP contribution in [0.25, 0.3) is 0 Å². The van der Waals surface area contributed by atoms with Crippen molar-refractivity contribution in [3.63, 3.8) is 0 Å². The number of hydrogen-bond donors (Lipinski definition) is 8. The van der Waals surface area contributed by atoms with Gasteiger partial charge in [-0.2, -0.15) is 13.2 Å². The number of carbonyl (C=O) groups excluding carboxylic acids is 5. The molecule has 0 saturated carbocycles. The number of aliphatic carboxylic acids is 1. The van der Waals surface area contributed by atoms with Gasteiger partial charge in [0.25, 0.3) is 0 Å². The van der Waals surface area contributed by atoms with Gasteiger partial charge in [0.15, 0.2) is 0 Å². The zero-order chi connectivity index (χ0) is 38.8. The van der Waals surface area contributed by atoms with Crippen LogP contribution in [0.3, 0.4) is 0 Å². The molecule has 0 bridgehead atoms. The van der Waals surface area contributed by atoms with Crippen molar-refractivity contribution < 1.29 is 51.8 Å². The van der Waals surface area contributed by atoms with E-state index in [1.807, 2.05) is 0 Å². The maximum Gasteiger partial charge on any atom is 0.491 e. The normalized spacial score (nSPS) is 11.6. The van der Waals surface area contributed by atoms with Gasteiger partial charge in [-0.1, -0.05) is 98.3 Å². The highest BCUT2D eigenvalue weighted by Gasteiger charge is 2.43. The Kier molecular flexibility index (Phi) is 36.4. The summed E-state index contributed by atoms with van der Waals surface area (Å²) in [5.74, 6) is -5.92. The van der Waals surface area contributed by atoms with Crippen LogP contribution in [-0.4, -0.2) is 72.3 Å². The van der Waals surface area contributed by atoms with Gasteiger partial charge in [-0.05, 0) is 38.3 Å². The number of esters is 2. The number of nitrogens with one attached hydrogen (secondary N) is 2. The quantitative estimate of drug-likeness (QED) is 0.0456. The minimum Gasteiger partial charge on any atom is -0.480 e. The van der Waals surface area contributed by atoms with Gasteiger partial charge in [0, 0.05) is 6.42 Å². The minimum atomic E-state index is -5.26. The predicted octanol–water partition coefficient (Wildman–Crippen LogP) is 3.69. The van der Waals surface area contributed by atoms with E-state index in [0.717, 1.165) is 13.0 Å². The maximum absolute atomic E-state index is 12.3. The number of hydrogen-bond acceptors (Lipinski definition) is 9. The highest BCUT2D eigenvalue weighted by atomic mass is 19.4. The second-order valence-electron chi connectivity index (χ2n) is 11.4. The summed E-state index contributed by atoms with van der Waals surface area (Å²) in [5.41, 5.74) is 22.0. The average molecular weight is 718 g/mol. The molecule has 0 radical (unpaired) electrons. The van der Waals surface area contributed by atoms with E-state index in [-0.39, 0.29) is 6.42 Å². The van der Waals surface area contributed by atoms with Crippen LogP contribution in [-0.2, 0) is 23.9 Å². The first-order valence-electron chi connectivity index (χ1n) is 16.6. The van der Waals surface area contributed by atoms with Crippen LogP contribution in [0.4, 0.5) is 22.8 Å². The van der Waals surface area contributed by atoms with Gasteiger partial charge in [-0.15, -0.1) is 0 Å². The van der Waals surface area contributed by atoms with Crippen LogP contribution in [0, 0.1) is 5.92 Å². The molecule has 1 unspecified atom stereocenters. The van der Waals surface area contributed by atoms with Crippen molar-refractivity contribution in [2.45, 2.75) is 142 Å². The molecule has 0 spiro atoms. The average Bonchev–Trinajstić information content (AvgIpc) is 2.98. The van der Waals surface area contributed by atoms with Gasteiger partial charge in [0.2, 0.25) is 5.91 Å². The fourth-order valence-electron chi connectivity index (χ4n) is 3.72. The van der Waals surface area contributed by atoms with Gasteiger partial charge < -0.3 is 49.1 Å². The summed E-state index contributed by atoms with van der Waals surface area (Å²) in [7, 11) is 0. The number of nitrogens with two attached hydrogens (primary N) is 5. The molecule has 0 aliphatic heterocycles. The molecule has 15 nitrogen and oxygen atoms in total. The number of unbranched alkanes of at least 4 members (excludes halogenated alkanes) is 11. The van der Waals surface area contributed by atoms with Crippen molar-refractivity contribution in [1.82, 2.24) is 10.6 Å². The predicted molar refractivity (Wildman–Crippen MR) is 181 cm³/mol. The van der Waals surface area contributed by atoms with Crippen molar-refractivity contribution in [3.05, 3.63) is 0 Å². The number of urea groups is 2. The number of ether oxygens (including phenoxy) is 1. The SMILES string of the molecule is CCC(N)C(=O)O.CCCCCCCCCCCCCCNCCCC(=O)N[C@H](C(=O)OC(=O)C(F)(F)F)C(C)C.NC(N)=O.NC(N)=O. The third kappa shape index (κ3) is 44.3. The van der Waals surface area contributed by atoms with Crippen molar-refractivity contribution in [2.24, 2.45) is 34.6 Å². The van der Waals surface area contributed by atoms with E-state index in [4.69, 9.17) is 20.4 Å². The summed E-state index contributed by atoms with van der Waals surface area (Å²) in [6.07, 6.45) is 11.4. The van der Waals surface area contributed by atoms with Crippen LogP contribution >= 0.6 is 0 Å².